The Morgan fingerprint density at radius 2 is 1.93 bits per heavy atom. The van der Waals surface area contributed by atoms with Crippen LogP contribution < -0.4 is 5.32 Å². The molecule has 0 rings (SSSR count). The molecule has 0 aliphatic heterocycles. The molecule has 0 saturated carbocycles. The first-order chi connectivity index (χ1) is 6.88. The first kappa shape index (κ1) is 15.1. The summed E-state index contributed by atoms with van der Waals surface area (Å²) in [7, 11) is 5.30. The van der Waals surface area contributed by atoms with Gasteiger partial charge < -0.3 is 10.2 Å². The zero-order chi connectivity index (χ0) is 12.0. The van der Waals surface area contributed by atoms with Gasteiger partial charge in [0.2, 0.25) is 5.91 Å². The minimum absolute atomic E-state index is 0.0653. The highest BCUT2D eigenvalue weighted by Gasteiger charge is 2.20. The van der Waals surface area contributed by atoms with Gasteiger partial charge in [0.05, 0.1) is 5.25 Å². The quantitative estimate of drug-likeness (QED) is 0.555. The molecule has 0 aromatic rings. The summed E-state index contributed by atoms with van der Waals surface area (Å²) in [5, 5.41) is 2.95. The summed E-state index contributed by atoms with van der Waals surface area (Å²) in [6.45, 7) is 6.97. The fourth-order valence-electron chi connectivity index (χ4n) is 1.16. The zero-order valence-electron chi connectivity index (χ0n) is 10.2. The molecule has 90 valence electrons. The number of hydrogen-bond acceptors (Lipinski definition) is 4. The largest absolute Gasteiger partial charge is 0.351 e. The van der Waals surface area contributed by atoms with Crippen LogP contribution in [0, 0.1) is 5.92 Å². The van der Waals surface area contributed by atoms with E-state index < -0.39 is 0 Å². The molecule has 0 radical (unpaired) electrons. The zero-order valence-corrected chi connectivity index (χ0v) is 11.9. The van der Waals surface area contributed by atoms with Crippen molar-refractivity contribution in [2.24, 2.45) is 5.92 Å². The maximum absolute atomic E-state index is 11.7. The van der Waals surface area contributed by atoms with Crippen molar-refractivity contribution in [3.05, 3.63) is 0 Å². The van der Waals surface area contributed by atoms with E-state index in [1.165, 1.54) is 10.8 Å². The molecule has 0 spiro atoms. The van der Waals surface area contributed by atoms with Crippen LogP contribution in [0.15, 0.2) is 0 Å². The van der Waals surface area contributed by atoms with E-state index in [0.717, 1.165) is 6.54 Å². The number of likely N-dealkylation sites (N-methyl/N-ethyl adjacent to an activating group) is 1. The van der Waals surface area contributed by atoms with Gasteiger partial charge in [0.25, 0.3) is 0 Å². The second kappa shape index (κ2) is 7.41. The predicted molar refractivity (Wildman–Crippen MR) is 71.4 cm³/mol. The number of nitrogens with zero attached hydrogens (tertiary/aromatic N) is 1. The number of carbonyl (C=O) groups excluding carboxylic acids is 1. The van der Waals surface area contributed by atoms with Crippen LogP contribution in [-0.4, -0.2) is 42.7 Å². The van der Waals surface area contributed by atoms with Crippen LogP contribution in [0.2, 0.25) is 0 Å². The van der Waals surface area contributed by atoms with E-state index in [-0.39, 0.29) is 17.2 Å². The molecule has 5 heteroatoms. The lowest BCUT2D eigenvalue weighted by atomic mass is 10.0. The van der Waals surface area contributed by atoms with Crippen molar-refractivity contribution in [3.63, 3.8) is 0 Å². The van der Waals surface area contributed by atoms with Crippen LogP contribution in [0.5, 0.6) is 0 Å². The third kappa shape index (κ3) is 6.33. The molecule has 0 aliphatic rings. The molecular formula is C10H22N2OS2. The molecule has 0 aliphatic carbocycles. The molecule has 1 amide bonds. The molecule has 2 atom stereocenters. The van der Waals surface area contributed by atoms with Gasteiger partial charge in [-0.15, -0.1) is 11.7 Å². The average molecular weight is 250 g/mol. The summed E-state index contributed by atoms with van der Waals surface area (Å²) in [4.78, 5) is 13.8. The highest BCUT2D eigenvalue weighted by atomic mass is 33.1. The maximum atomic E-state index is 11.7. The number of hydrogen-bond donors (Lipinski definition) is 2. The first-order valence-corrected chi connectivity index (χ1v) is 7.07. The minimum Gasteiger partial charge on any atom is -0.351 e. The standard InChI is InChI=1S/C10H22N2OS2/c1-7(2)9(6-12(4)5)11-10(13)8(3)15-14/h7-9,14H,6H2,1-5H3,(H,11,13)/t8?,9-/m0/s1. The van der Waals surface area contributed by atoms with E-state index in [9.17, 15) is 4.79 Å². The van der Waals surface area contributed by atoms with E-state index in [0.29, 0.717) is 5.92 Å². The van der Waals surface area contributed by atoms with Gasteiger partial charge in [0, 0.05) is 12.6 Å². The van der Waals surface area contributed by atoms with Crippen molar-refractivity contribution in [3.8, 4) is 0 Å². The van der Waals surface area contributed by atoms with E-state index in [4.69, 9.17) is 0 Å². The smallest absolute Gasteiger partial charge is 0.233 e. The normalized spacial score (nSPS) is 15.5. The van der Waals surface area contributed by atoms with Crippen LogP contribution in [0.4, 0.5) is 0 Å². The van der Waals surface area contributed by atoms with Crippen LogP contribution in [0.25, 0.3) is 0 Å². The van der Waals surface area contributed by atoms with Crippen molar-refractivity contribution in [1.82, 2.24) is 10.2 Å². The predicted octanol–water partition coefficient (Wildman–Crippen LogP) is 1.66. The Balaban J connectivity index is 4.22. The second-order valence-electron chi connectivity index (χ2n) is 4.37. The summed E-state index contributed by atoms with van der Waals surface area (Å²) in [5.41, 5.74) is 0. The highest BCUT2D eigenvalue weighted by molar-refractivity contribution is 8.69. The molecule has 1 N–H and O–H groups in total. The van der Waals surface area contributed by atoms with Gasteiger partial charge in [-0.2, -0.15) is 0 Å². The molecule has 0 fully saturated rings. The lowest BCUT2D eigenvalue weighted by molar-refractivity contribution is -0.121. The van der Waals surface area contributed by atoms with Crippen molar-refractivity contribution >= 4 is 28.4 Å². The Morgan fingerprint density at radius 3 is 2.27 bits per heavy atom. The molecule has 0 aromatic carbocycles. The Bertz CT molecular complexity index is 198. The van der Waals surface area contributed by atoms with Gasteiger partial charge >= 0.3 is 0 Å². The average Bonchev–Trinajstić information content (AvgIpc) is 2.14. The number of rotatable bonds is 6. The van der Waals surface area contributed by atoms with Gasteiger partial charge in [0.1, 0.15) is 0 Å². The van der Waals surface area contributed by atoms with Gasteiger partial charge in [-0.05, 0) is 26.9 Å². The van der Waals surface area contributed by atoms with Crippen LogP contribution in [0.3, 0.4) is 0 Å². The molecule has 0 bridgehead atoms. The Labute approximate surface area is 102 Å². The van der Waals surface area contributed by atoms with Gasteiger partial charge in [-0.1, -0.05) is 24.6 Å². The maximum Gasteiger partial charge on any atom is 0.233 e. The van der Waals surface area contributed by atoms with E-state index in [1.54, 1.807) is 0 Å². The minimum atomic E-state index is -0.100. The SMILES string of the molecule is CC(SS)C(=O)N[C@@H](CN(C)C)C(C)C. The van der Waals surface area contributed by atoms with E-state index in [1.807, 2.05) is 21.0 Å². The molecule has 0 aromatic heterocycles. The summed E-state index contributed by atoms with van der Waals surface area (Å²) in [6.07, 6.45) is 0. The summed E-state index contributed by atoms with van der Waals surface area (Å²) < 4.78 is 0. The van der Waals surface area contributed by atoms with Gasteiger partial charge in [-0.3, -0.25) is 4.79 Å². The number of carbonyl (C=O) groups is 1. The number of amides is 1. The van der Waals surface area contributed by atoms with Gasteiger partial charge in [0.15, 0.2) is 0 Å². The third-order valence-corrected chi connectivity index (χ3v) is 3.70. The van der Waals surface area contributed by atoms with Crippen molar-refractivity contribution < 1.29 is 4.79 Å². The fourth-order valence-corrected chi connectivity index (χ4v) is 1.62. The van der Waals surface area contributed by atoms with Crippen molar-refractivity contribution in [2.75, 3.05) is 20.6 Å². The molecule has 15 heavy (non-hydrogen) atoms. The molecular weight excluding hydrogens is 228 g/mol. The van der Waals surface area contributed by atoms with Crippen molar-refractivity contribution in [2.45, 2.75) is 32.1 Å². The van der Waals surface area contributed by atoms with Crippen LogP contribution >= 0.6 is 22.5 Å². The molecule has 0 saturated heterocycles. The number of thiol groups is 1. The Kier molecular flexibility index (Phi) is 7.48. The van der Waals surface area contributed by atoms with Crippen LogP contribution in [-0.2, 0) is 4.79 Å². The third-order valence-electron chi connectivity index (χ3n) is 2.22. The first-order valence-electron chi connectivity index (χ1n) is 5.13. The monoisotopic (exact) mass is 250 g/mol. The summed E-state index contributed by atoms with van der Waals surface area (Å²) in [5.74, 6) is 0.504. The summed E-state index contributed by atoms with van der Waals surface area (Å²) >= 11 is 4.04. The van der Waals surface area contributed by atoms with Crippen LogP contribution in [0.1, 0.15) is 20.8 Å². The highest BCUT2D eigenvalue weighted by Crippen LogP contribution is 2.14. The summed E-state index contributed by atoms with van der Waals surface area (Å²) in [6, 6.07) is 0.204. The second-order valence-corrected chi connectivity index (χ2v) is 5.92. The lowest BCUT2D eigenvalue weighted by Crippen LogP contribution is -2.47. The molecule has 0 heterocycles. The molecule has 3 nitrogen and oxygen atoms in total. The lowest BCUT2D eigenvalue weighted by Gasteiger charge is -2.26. The van der Waals surface area contributed by atoms with Gasteiger partial charge in [-0.25, -0.2) is 0 Å². The number of nitrogens with one attached hydrogen (secondary N) is 1. The Morgan fingerprint density at radius 1 is 1.40 bits per heavy atom. The fraction of sp³-hybridized carbons (Fsp3) is 0.900. The van der Waals surface area contributed by atoms with E-state index in [2.05, 4.69) is 35.7 Å². The Hall–Kier alpha value is 0.130. The van der Waals surface area contributed by atoms with E-state index >= 15 is 0 Å². The topological polar surface area (TPSA) is 32.3 Å². The molecule has 1 unspecified atom stereocenters. The van der Waals surface area contributed by atoms with Crippen molar-refractivity contribution in [1.29, 1.82) is 0 Å².